The van der Waals surface area contributed by atoms with Gasteiger partial charge in [-0.25, -0.2) is 0 Å². The minimum atomic E-state index is 0.654. The summed E-state index contributed by atoms with van der Waals surface area (Å²) in [5.74, 6) is 0. The first-order chi connectivity index (χ1) is 7.36. The van der Waals surface area contributed by atoms with Crippen LogP contribution in [-0.4, -0.2) is 6.61 Å². The van der Waals surface area contributed by atoms with Crippen molar-refractivity contribution in [3.05, 3.63) is 54.1 Å². The van der Waals surface area contributed by atoms with E-state index in [0.717, 1.165) is 5.57 Å². The Hall–Kier alpha value is -1.60. The molecule has 1 nitrogen and oxygen atoms in total. The van der Waals surface area contributed by atoms with Crippen molar-refractivity contribution in [1.29, 1.82) is 0 Å². The van der Waals surface area contributed by atoms with Gasteiger partial charge in [0.05, 0.1) is 13.2 Å². The van der Waals surface area contributed by atoms with E-state index >= 15 is 0 Å². The molecule has 74 valence electrons. The Morgan fingerprint density at radius 3 is 2.80 bits per heavy atom. The van der Waals surface area contributed by atoms with E-state index < -0.39 is 0 Å². The second kappa shape index (κ2) is 3.21. The topological polar surface area (TPSA) is 9.23 Å². The van der Waals surface area contributed by atoms with Gasteiger partial charge in [0.1, 0.15) is 0 Å². The van der Waals surface area contributed by atoms with Crippen LogP contribution in [0.2, 0.25) is 0 Å². The summed E-state index contributed by atoms with van der Waals surface area (Å²) in [4.78, 5) is 0. The van der Waals surface area contributed by atoms with Gasteiger partial charge in [0.15, 0.2) is 0 Å². The summed E-state index contributed by atoms with van der Waals surface area (Å²) in [6, 6.07) is 12.7. The molecule has 1 heterocycles. The van der Waals surface area contributed by atoms with Crippen LogP contribution in [0.15, 0.2) is 43.0 Å². The molecule has 0 amide bonds. The lowest BCUT2D eigenvalue weighted by atomic mass is 9.93. The van der Waals surface area contributed by atoms with Gasteiger partial charge in [0.25, 0.3) is 0 Å². The molecule has 0 atom stereocenters. The predicted octanol–water partition coefficient (Wildman–Crippen LogP) is 3.38. The van der Waals surface area contributed by atoms with E-state index in [2.05, 4.69) is 43.0 Å². The Bertz CT molecular complexity index is 540. The molecule has 1 aliphatic heterocycles. The van der Waals surface area contributed by atoms with Crippen LogP contribution >= 0.6 is 0 Å². The van der Waals surface area contributed by atoms with Gasteiger partial charge in [-0.2, -0.15) is 0 Å². The van der Waals surface area contributed by atoms with E-state index in [0.29, 0.717) is 13.2 Å². The SMILES string of the molecule is C=C1COCc2ccc3ccccc3c21. The number of benzene rings is 2. The van der Waals surface area contributed by atoms with Gasteiger partial charge >= 0.3 is 0 Å². The molecule has 0 unspecified atom stereocenters. The van der Waals surface area contributed by atoms with Crippen LogP contribution in [0, 0.1) is 0 Å². The first-order valence-corrected chi connectivity index (χ1v) is 5.13. The molecule has 0 N–H and O–H groups in total. The van der Waals surface area contributed by atoms with Crippen molar-refractivity contribution in [2.45, 2.75) is 6.61 Å². The van der Waals surface area contributed by atoms with Gasteiger partial charge in [-0.3, -0.25) is 0 Å². The molecule has 3 rings (SSSR count). The van der Waals surface area contributed by atoms with Crippen LogP contribution in [0.1, 0.15) is 11.1 Å². The Balaban J connectivity index is 2.40. The van der Waals surface area contributed by atoms with Gasteiger partial charge in [-0.1, -0.05) is 43.0 Å². The van der Waals surface area contributed by atoms with E-state index in [1.54, 1.807) is 0 Å². The largest absolute Gasteiger partial charge is 0.372 e. The molecular weight excluding hydrogens is 184 g/mol. The maximum Gasteiger partial charge on any atom is 0.0727 e. The third-order valence-electron chi connectivity index (χ3n) is 2.90. The lowest BCUT2D eigenvalue weighted by Gasteiger charge is -2.20. The number of rotatable bonds is 0. The Kier molecular flexibility index (Phi) is 1.86. The second-order valence-electron chi connectivity index (χ2n) is 3.92. The van der Waals surface area contributed by atoms with E-state index in [1.807, 2.05) is 0 Å². The van der Waals surface area contributed by atoms with Crippen LogP contribution in [0.25, 0.3) is 16.3 Å². The van der Waals surface area contributed by atoms with E-state index in [-0.39, 0.29) is 0 Å². The zero-order valence-electron chi connectivity index (χ0n) is 8.49. The maximum atomic E-state index is 5.46. The number of hydrogen-bond acceptors (Lipinski definition) is 1. The second-order valence-corrected chi connectivity index (χ2v) is 3.92. The molecule has 0 saturated carbocycles. The summed E-state index contributed by atoms with van der Waals surface area (Å²) in [6.07, 6.45) is 0. The molecule has 0 aliphatic carbocycles. The van der Waals surface area contributed by atoms with Crippen LogP contribution in [0.3, 0.4) is 0 Å². The summed E-state index contributed by atoms with van der Waals surface area (Å²) in [5, 5.41) is 2.57. The molecule has 0 saturated heterocycles. The number of ether oxygens (including phenoxy) is 1. The lowest BCUT2D eigenvalue weighted by Crippen LogP contribution is -2.08. The van der Waals surface area contributed by atoms with Crippen molar-refractivity contribution in [3.63, 3.8) is 0 Å². The monoisotopic (exact) mass is 196 g/mol. The van der Waals surface area contributed by atoms with E-state index in [4.69, 9.17) is 4.74 Å². The molecule has 2 aromatic rings. The molecule has 0 radical (unpaired) electrons. The summed E-state index contributed by atoms with van der Waals surface area (Å²) in [7, 11) is 0. The van der Waals surface area contributed by atoms with E-state index in [9.17, 15) is 0 Å². The van der Waals surface area contributed by atoms with Crippen LogP contribution in [0.4, 0.5) is 0 Å². The zero-order valence-corrected chi connectivity index (χ0v) is 8.49. The van der Waals surface area contributed by atoms with Crippen molar-refractivity contribution in [3.8, 4) is 0 Å². The standard InChI is InChI=1S/C14H12O/c1-10-8-15-9-12-7-6-11-4-2-3-5-13(11)14(10)12/h2-7H,1,8-9H2. The van der Waals surface area contributed by atoms with Gasteiger partial charge in [-0.15, -0.1) is 0 Å². The highest BCUT2D eigenvalue weighted by molar-refractivity contribution is 5.95. The first kappa shape index (κ1) is 8.69. The minimum Gasteiger partial charge on any atom is -0.372 e. The van der Waals surface area contributed by atoms with Gasteiger partial charge < -0.3 is 4.74 Å². The van der Waals surface area contributed by atoms with E-state index in [1.165, 1.54) is 21.9 Å². The molecule has 0 bridgehead atoms. The summed E-state index contributed by atoms with van der Waals surface area (Å²) in [6.45, 7) is 5.44. The molecule has 0 fully saturated rings. The van der Waals surface area contributed by atoms with Crippen LogP contribution < -0.4 is 0 Å². The van der Waals surface area contributed by atoms with Gasteiger partial charge in [0.2, 0.25) is 0 Å². The predicted molar refractivity (Wildman–Crippen MR) is 62.6 cm³/mol. The fraction of sp³-hybridized carbons (Fsp3) is 0.143. The molecular formula is C14H12O. The Morgan fingerprint density at radius 2 is 1.87 bits per heavy atom. The quantitative estimate of drug-likeness (QED) is 0.627. The third-order valence-corrected chi connectivity index (χ3v) is 2.90. The average molecular weight is 196 g/mol. The summed E-state index contributed by atoms with van der Waals surface area (Å²) < 4.78 is 5.46. The first-order valence-electron chi connectivity index (χ1n) is 5.13. The highest BCUT2D eigenvalue weighted by Crippen LogP contribution is 2.31. The molecule has 0 aromatic heterocycles. The van der Waals surface area contributed by atoms with Gasteiger partial charge in [-0.05, 0) is 27.5 Å². The summed E-state index contributed by atoms with van der Waals surface area (Å²) in [5.41, 5.74) is 3.64. The Labute approximate surface area is 89.0 Å². The fourth-order valence-electron chi connectivity index (χ4n) is 2.21. The summed E-state index contributed by atoms with van der Waals surface area (Å²) >= 11 is 0. The third kappa shape index (κ3) is 1.28. The van der Waals surface area contributed by atoms with Crippen molar-refractivity contribution in [2.75, 3.05) is 6.61 Å². The smallest absolute Gasteiger partial charge is 0.0727 e. The molecule has 0 spiro atoms. The average Bonchev–Trinajstić information content (AvgIpc) is 2.29. The normalized spacial score (nSPS) is 15.3. The fourth-order valence-corrected chi connectivity index (χ4v) is 2.21. The highest BCUT2D eigenvalue weighted by Gasteiger charge is 2.15. The van der Waals surface area contributed by atoms with Gasteiger partial charge in [0, 0.05) is 0 Å². The highest BCUT2D eigenvalue weighted by atomic mass is 16.5. The lowest BCUT2D eigenvalue weighted by molar-refractivity contribution is 0.147. The zero-order chi connectivity index (χ0) is 10.3. The van der Waals surface area contributed by atoms with Crippen molar-refractivity contribution in [1.82, 2.24) is 0 Å². The van der Waals surface area contributed by atoms with Crippen molar-refractivity contribution < 1.29 is 4.74 Å². The molecule has 1 aliphatic rings. The number of hydrogen-bond donors (Lipinski definition) is 0. The molecule has 2 aromatic carbocycles. The van der Waals surface area contributed by atoms with Crippen LogP contribution in [0.5, 0.6) is 0 Å². The number of fused-ring (bicyclic) bond motifs is 3. The van der Waals surface area contributed by atoms with Crippen molar-refractivity contribution >= 4 is 16.3 Å². The Morgan fingerprint density at radius 1 is 1.00 bits per heavy atom. The maximum absolute atomic E-state index is 5.46. The molecule has 15 heavy (non-hydrogen) atoms. The molecule has 1 heteroatoms. The van der Waals surface area contributed by atoms with Crippen LogP contribution in [-0.2, 0) is 11.3 Å². The van der Waals surface area contributed by atoms with Crippen molar-refractivity contribution in [2.24, 2.45) is 0 Å². The minimum absolute atomic E-state index is 0.654.